The lowest BCUT2D eigenvalue weighted by Crippen LogP contribution is -2.46. The van der Waals surface area contributed by atoms with Crippen LogP contribution in [0.1, 0.15) is 33.6 Å². The van der Waals surface area contributed by atoms with Gasteiger partial charge in [0, 0.05) is 18.9 Å². The highest BCUT2D eigenvalue weighted by molar-refractivity contribution is 7.87. The molecule has 0 aromatic carbocycles. The molecule has 0 heterocycles. The van der Waals surface area contributed by atoms with Gasteiger partial charge in [-0.25, -0.2) is 0 Å². The summed E-state index contributed by atoms with van der Waals surface area (Å²) in [4.78, 5) is 0. The average Bonchev–Trinajstić information content (AvgIpc) is 2.97. The molecule has 2 aliphatic carbocycles. The maximum atomic E-state index is 12.7. The highest BCUT2D eigenvalue weighted by Crippen LogP contribution is 2.51. The molecular formula is C19H35F3O5SSi2. The van der Waals surface area contributed by atoms with Crippen molar-refractivity contribution in [1.82, 2.24) is 0 Å². The monoisotopic (exact) mass is 488 g/mol. The highest BCUT2D eigenvalue weighted by atomic mass is 32.2. The molecule has 2 aliphatic rings. The zero-order valence-electron chi connectivity index (χ0n) is 19.1. The van der Waals surface area contributed by atoms with Crippen molar-refractivity contribution in [2.45, 2.75) is 83.0 Å². The summed E-state index contributed by atoms with van der Waals surface area (Å²) in [7, 11) is -9.51. The molecule has 0 bridgehead atoms. The van der Waals surface area contributed by atoms with Crippen LogP contribution < -0.4 is 0 Å². The number of allylic oxidation sites excluding steroid dienone is 2. The summed E-state index contributed by atoms with van der Waals surface area (Å²) in [5.41, 5.74) is -5.43. The molecule has 0 unspecified atom stereocenters. The fourth-order valence-corrected chi connectivity index (χ4v) is 6.33. The van der Waals surface area contributed by atoms with Gasteiger partial charge in [-0.05, 0) is 62.1 Å². The number of halogens is 3. The molecule has 0 N–H and O–H groups in total. The van der Waals surface area contributed by atoms with Crippen molar-refractivity contribution in [3.63, 3.8) is 0 Å². The number of fused-ring (bicyclic) bond motifs is 1. The second-order valence-electron chi connectivity index (χ2n) is 10.9. The molecule has 11 heteroatoms. The van der Waals surface area contributed by atoms with E-state index >= 15 is 0 Å². The Morgan fingerprint density at radius 3 is 2.13 bits per heavy atom. The van der Waals surface area contributed by atoms with Crippen LogP contribution in [0.25, 0.3) is 0 Å². The first-order chi connectivity index (χ1) is 13.2. The Morgan fingerprint density at radius 2 is 1.67 bits per heavy atom. The molecule has 0 amide bonds. The lowest BCUT2D eigenvalue weighted by atomic mass is 9.93. The van der Waals surface area contributed by atoms with Crippen LogP contribution in [-0.4, -0.2) is 43.3 Å². The Labute approximate surface area is 180 Å². The normalized spacial score (nSPS) is 28.4. The molecule has 0 aromatic heterocycles. The summed E-state index contributed by atoms with van der Waals surface area (Å²) in [5, 5.41) is 0.0276. The van der Waals surface area contributed by atoms with E-state index in [1.54, 1.807) is 6.08 Å². The Bertz CT molecular complexity index is 767. The smallest absolute Gasteiger partial charge is 0.417 e. The maximum Gasteiger partial charge on any atom is 0.534 e. The van der Waals surface area contributed by atoms with Crippen LogP contribution in [0.5, 0.6) is 0 Å². The van der Waals surface area contributed by atoms with E-state index in [0.717, 1.165) is 0 Å². The molecule has 0 radical (unpaired) electrons. The van der Waals surface area contributed by atoms with E-state index in [9.17, 15) is 21.6 Å². The van der Waals surface area contributed by atoms with Gasteiger partial charge in [-0.2, -0.15) is 21.6 Å². The molecule has 0 saturated heterocycles. The van der Waals surface area contributed by atoms with Crippen LogP contribution in [-0.2, 0) is 23.2 Å². The maximum absolute atomic E-state index is 12.7. The first kappa shape index (κ1) is 25.9. The van der Waals surface area contributed by atoms with Crippen molar-refractivity contribution < 1.29 is 34.6 Å². The third kappa shape index (κ3) is 5.90. The fraction of sp³-hybridized carbons (Fsp3) is 0.895. The zero-order chi connectivity index (χ0) is 23.3. The van der Waals surface area contributed by atoms with E-state index in [1.807, 2.05) is 0 Å². The van der Waals surface area contributed by atoms with Gasteiger partial charge in [-0.15, -0.1) is 0 Å². The van der Waals surface area contributed by atoms with Crippen LogP contribution in [0.4, 0.5) is 13.2 Å². The van der Waals surface area contributed by atoms with Crippen molar-refractivity contribution in [2.24, 2.45) is 17.8 Å². The minimum atomic E-state index is -5.64. The predicted octanol–water partition coefficient (Wildman–Crippen LogP) is 5.63. The van der Waals surface area contributed by atoms with Crippen LogP contribution in [0.15, 0.2) is 11.8 Å². The zero-order valence-corrected chi connectivity index (χ0v) is 21.9. The summed E-state index contributed by atoms with van der Waals surface area (Å²) < 4.78 is 78.1. The Hall–Kier alpha value is -0.366. The largest absolute Gasteiger partial charge is 0.534 e. The van der Waals surface area contributed by atoms with Gasteiger partial charge in [0.15, 0.2) is 16.6 Å². The first-order valence-electron chi connectivity index (χ1n) is 10.3. The SMILES string of the molecule is CC(C)(C)[Si](C)(C)O[C@@H]1C[C@@H]2CC(OS(=O)(=O)C(F)(F)F)=C[C@@H]2[C@H]1CO[Si](C)(C)C. The van der Waals surface area contributed by atoms with Crippen LogP contribution in [0.2, 0.25) is 37.8 Å². The molecule has 1 fully saturated rings. The highest BCUT2D eigenvalue weighted by Gasteiger charge is 2.53. The minimum Gasteiger partial charge on any atom is -0.417 e. The lowest BCUT2D eigenvalue weighted by molar-refractivity contribution is -0.0523. The quantitative estimate of drug-likeness (QED) is 0.264. The standard InChI is InChI=1S/C19H35F3O5SSi2/c1-18(2,3)30(7,8)27-17-10-13-9-14(26-28(23,24)19(20,21)22)11-15(13)16(17)12-25-29(4,5)6/h11,13,15-17H,9-10,12H2,1-8H3/t13-,15-,16+,17+/m0/s1. The average molecular weight is 489 g/mol. The summed E-state index contributed by atoms with van der Waals surface area (Å²) in [6, 6.07) is 0. The molecule has 0 spiro atoms. The van der Waals surface area contributed by atoms with Gasteiger partial charge in [0.25, 0.3) is 0 Å². The van der Waals surface area contributed by atoms with Crippen molar-refractivity contribution in [2.75, 3.05) is 6.61 Å². The molecule has 30 heavy (non-hydrogen) atoms. The van der Waals surface area contributed by atoms with E-state index in [1.165, 1.54) is 0 Å². The molecule has 0 aromatic rings. The van der Waals surface area contributed by atoms with E-state index in [2.05, 4.69) is 57.7 Å². The van der Waals surface area contributed by atoms with Gasteiger partial charge in [-0.3, -0.25) is 0 Å². The van der Waals surface area contributed by atoms with E-state index in [-0.39, 0.29) is 41.1 Å². The molecular weight excluding hydrogens is 453 g/mol. The van der Waals surface area contributed by atoms with Crippen molar-refractivity contribution in [3.05, 3.63) is 11.8 Å². The lowest BCUT2D eigenvalue weighted by Gasteiger charge is -2.40. The predicted molar refractivity (Wildman–Crippen MR) is 115 cm³/mol. The van der Waals surface area contributed by atoms with Crippen molar-refractivity contribution in [1.29, 1.82) is 0 Å². The van der Waals surface area contributed by atoms with Gasteiger partial charge in [-0.1, -0.05) is 20.8 Å². The van der Waals surface area contributed by atoms with Crippen LogP contribution in [0, 0.1) is 17.8 Å². The second kappa shape index (κ2) is 8.20. The fourth-order valence-electron chi connectivity index (χ4n) is 3.75. The molecule has 0 aliphatic heterocycles. The topological polar surface area (TPSA) is 61.8 Å². The summed E-state index contributed by atoms with van der Waals surface area (Å²) in [6.45, 7) is 17.5. The van der Waals surface area contributed by atoms with E-state index in [0.29, 0.717) is 13.0 Å². The minimum absolute atomic E-state index is 0.00608. The molecule has 176 valence electrons. The number of alkyl halides is 3. The van der Waals surface area contributed by atoms with Gasteiger partial charge in [0.2, 0.25) is 0 Å². The Kier molecular flexibility index (Phi) is 7.08. The Balaban J connectivity index is 2.24. The second-order valence-corrected chi connectivity index (χ2v) is 21.7. The number of hydrogen-bond donors (Lipinski definition) is 0. The van der Waals surface area contributed by atoms with Gasteiger partial charge >= 0.3 is 15.6 Å². The number of rotatable bonds is 7. The molecule has 5 nitrogen and oxygen atoms in total. The van der Waals surface area contributed by atoms with Crippen molar-refractivity contribution in [3.8, 4) is 0 Å². The van der Waals surface area contributed by atoms with Crippen molar-refractivity contribution >= 4 is 26.8 Å². The van der Waals surface area contributed by atoms with Gasteiger partial charge in [0.05, 0.1) is 6.10 Å². The third-order valence-corrected chi connectivity index (χ3v) is 12.9. The summed E-state index contributed by atoms with van der Waals surface area (Å²) in [5.74, 6) is -0.278. The van der Waals surface area contributed by atoms with Gasteiger partial charge < -0.3 is 13.0 Å². The summed E-state index contributed by atoms with van der Waals surface area (Å²) in [6.07, 6.45) is 2.32. The van der Waals surface area contributed by atoms with E-state index < -0.39 is 32.3 Å². The summed E-state index contributed by atoms with van der Waals surface area (Å²) >= 11 is 0. The molecule has 1 saturated carbocycles. The Morgan fingerprint density at radius 1 is 1.10 bits per heavy atom. The van der Waals surface area contributed by atoms with Crippen LogP contribution in [0.3, 0.4) is 0 Å². The first-order valence-corrected chi connectivity index (χ1v) is 18.0. The molecule has 4 atom stereocenters. The molecule has 2 rings (SSSR count). The van der Waals surface area contributed by atoms with Crippen LogP contribution >= 0.6 is 0 Å². The number of hydrogen-bond acceptors (Lipinski definition) is 5. The van der Waals surface area contributed by atoms with Gasteiger partial charge in [0.1, 0.15) is 5.76 Å². The van der Waals surface area contributed by atoms with E-state index in [4.69, 9.17) is 8.85 Å². The third-order valence-electron chi connectivity index (χ3n) is 6.35.